The van der Waals surface area contributed by atoms with Crippen molar-refractivity contribution in [2.75, 3.05) is 18.4 Å². The van der Waals surface area contributed by atoms with Gasteiger partial charge < -0.3 is 24.4 Å². The Kier molecular flexibility index (Phi) is 8.01. The highest BCUT2D eigenvalue weighted by molar-refractivity contribution is 6.31. The van der Waals surface area contributed by atoms with E-state index in [0.717, 1.165) is 6.42 Å². The minimum absolute atomic E-state index is 0.0785. The van der Waals surface area contributed by atoms with Gasteiger partial charge in [-0.05, 0) is 57.2 Å². The summed E-state index contributed by atoms with van der Waals surface area (Å²) in [4.78, 5) is 27.4. The smallest absolute Gasteiger partial charge is 0.410 e. The van der Waals surface area contributed by atoms with Crippen molar-refractivity contribution in [3.8, 4) is 17.6 Å². The van der Waals surface area contributed by atoms with Crippen LogP contribution >= 0.6 is 11.6 Å². The maximum absolute atomic E-state index is 13.4. The lowest BCUT2D eigenvalue weighted by Gasteiger charge is -2.62. The second-order valence-electron chi connectivity index (χ2n) is 12.8. The van der Waals surface area contributed by atoms with Crippen molar-refractivity contribution in [2.45, 2.75) is 72.7 Å². The van der Waals surface area contributed by atoms with Crippen LogP contribution in [0.1, 0.15) is 60.5 Å². The summed E-state index contributed by atoms with van der Waals surface area (Å²) in [6.07, 6.45) is 0.0445. The maximum Gasteiger partial charge on any atom is 0.410 e. The molecule has 1 aliphatic carbocycles. The molecule has 0 unspecified atom stereocenters. The molecule has 0 spiro atoms. The molecule has 40 heavy (non-hydrogen) atoms. The normalized spacial score (nSPS) is 23.0. The highest BCUT2D eigenvalue weighted by Gasteiger charge is 2.66. The Morgan fingerprint density at radius 3 is 2.23 bits per heavy atom. The van der Waals surface area contributed by atoms with Gasteiger partial charge in [-0.3, -0.25) is 4.79 Å². The summed E-state index contributed by atoms with van der Waals surface area (Å²) in [7, 11) is 0. The number of nitrogens with one attached hydrogen (secondary N) is 1. The van der Waals surface area contributed by atoms with Crippen molar-refractivity contribution < 1.29 is 23.8 Å². The fourth-order valence-corrected chi connectivity index (χ4v) is 6.45. The van der Waals surface area contributed by atoms with Gasteiger partial charge in [0.15, 0.2) is 0 Å². The zero-order chi connectivity index (χ0) is 29.5. The first kappa shape index (κ1) is 29.5. The number of hydrogen-bond acceptors (Lipinski definition) is 6. The fraction of sp³-hybridized carbons (Fsp3) is 0.516. The summed E-state index contributed by atoms with van der Waals surface area (Å²) in [6, 6.07) is 14.3. The Hall–Kier alpha value is -3.44. The van der Waals surface area contributed by atoms with Gasteiger partial charge in [-0.1, -0.05) is 39.3 Å². The molecule has 4 rings (SSSR count). The van der Waals surface area contributed by atoms with Crippen LogP contribution in [-0.2, 0) is 9.53 Å². The number of benzene rings is 2. The number of rotatable bonds is 6. The van der Waals surface area contributed by atoms with Gasteiger partial charge in [0.2, 0.25) is 5.91 Å². The molecule has 2 aliphatic rings. The lowest BCUT2D eigenvalue weighted by molar-refractivity contribution is -0.198. The Bertz CT molecular complexity index is 1290. The van der Waals surface area contributed by atoms with E-state index in [1.54, 1.807) is 23.1 Å². The highest BCUT2D eigenvalue weighted by atomic mass is 35.5. The molecule has 1 aliphatic heterocycles. The minimum Gasteiger partial charge on any atom is -0.489 e. The van der Waals surface area contributed by atoms with Crippen LogP contribution < -0.4 is 14.8 Å². The quantitative estimate of drug-likeness (QED) is 0.418. The molecule has 1 heterocycles. The van der Waals surface area contributed by atoms with Crippen LogP contribution in [-0.4, -0.2) is 47.8 Å². The molecule has 0 radical (unpaired) electrons. The van der Waals surface area contributed by atoms with Crippen molar-refractivity contribution in [2.24, 2.45) is 16.7 Å². The Labute approximate surface area is 241 Å². The molecule has 1 saturated heterocycles. The Morgan fingerprint density at radius 1 is 1.02 bits per heavy atom. The number of amides is 2. The van der Waals surface area contributed by atoms with Crippen molar-refractivity contribution in [3.63, 3.8) is 0 Å². The third-order valence-corrected chi connectivity index (χ3v) is 7.95. The van der Waals surface area contributed by atoms with Gasteiger partial charge in [-0.15, -0.1) is 0 Å². The van der Waals surface area contributed by atoms with Crippen molar-refractivity contribution in [1.82, 2.24) is 4.90 Å². The second kappa shape index (κ2) is 10.9. The minimum atomic E-state index is -0.534. The molecule has 2 fully saturated rings. The van der Waals surface area contributed by atoms with E-state index >= 15 is 0 Å². The van der Waals surface area contributed by atoms with Crippen LogP contribution in [0.3, 0.4) is 0 Å². The van der Waals surface area contributed by atoms with Gasteiger partial charge in [0.25, 0.3) is 0 Å². The SMILES string of the molecule is CC(C)(C)OC(=O)N1CC[C@@H](Oc2ccc(NC(=O)C3C(C)(C)C(Oc4ccc(C#N)c(Cl)c4)C3(C)C)cc2)C1. The number of halogens is 1. The molecule has 2 aromatic carbocycles. The number of nitrogens with zero attached hydrogens (tertiary/aromatic N) is 2. The first-order chi connectivity index (χ1) is 18.6. The summed E-state index contributed by atoms with van der Waals surface area (Å²) in [6.45, 7) is 14.7. The average Bonchev–Trinajstić information content (AvgIpc) is 3.31. The van der Waals surface area contributed by atoms with E-state index in [0.29, 0.717) is 40.9 Å². The van der Waals surface area contributed by atoms with Gasteiger partial charge in [0.1, 0.15) is 35.4 Å². The molecule has 1 atom stereocenters. The topological polar surface area (TPSA) is 101 Å². The standard InChI is InChI=1S/C31H38ClN3O5/c1-29(2,3)40-28(37)35-15-14-23(18-35)38-21-12-9-20(10-13-21)34-26(36)25-30(4,5)27(31(25,6)7)39-22-11-8-19(17-33)24(32)16-22/h8-13,16,23,25,27H,14-15,18H2,1-7H3,(H,34,36)/t23-,25?,27?/m1/s1. The third-order valence-electron chi connectivity index (χ3n) is 7.64. The number of anilines is 1. The molecule has 1 N–H and O–H groups in total. The molecule has 2 amide bonds. The van der Waals surface area contributed by atoms with Gasteiger partial charge in [-0.2, -0.15) is 5.26 Å². The fourth-order valence-electron chi connectivity index (χ4n) is 6.24. The lowest BCUT2D eigenvalue weighted by atomic mass is 9.45. The van der Waals surface area contributed by atoms with Crippen LogP contribution in [0.25, 0.3) is 0 Å². The predicted octanol–water partition coefficient (Wildman–Crippen LogP) is 6.67. The first-order valence-corrected chi connectivity index (χ1v) is 13.9. The molecule has 214 valence electrons. The van der Waals surface area contributed by atoms with Crippen LogP contribution in [0.5, 0.6) is 11.5 Å². The van der Waals surface area contributed by atoms with Crippen molar-refractivity contribution >= 4 is 29.3 Å². The maximum atomic E-state index is 13.4. The average molecular weight is 568 g/mol. The molecule has 0 aromatic heterocycles. The lowest BCUT2D eigenvalue weighted by Crippen LogP contribution is -2.69. The number of carbonyl (C=O) groups is 2. The van der Waals surface area contributed by atoms with Crippen molar-refractivity contribution in [3.05, 3.63) is 53.1 Å². The molecule has 1 saturated carbocycles. The molecule has 8 nitrogen and oxygen atoms in total. The molecule has 0 bridgehead atoms. The van der Waals surface area contributed by atoms with Crippen LogP contribution in [0.2, 0.25) is 5.02 Å². The molecular formula is C31H38ClN3O5. The molecule has 9 heteroatoms. The number of nitriles is 1. The van der Waals surface area contributed by atoms with E-state index in [4.69, 9.17) is 31.1 Å². The number of likely N-dealkylation sites (tertiary alicyclic amines) is 1. The second-order valence-corrected chi connectivity index (χ2v) is 13.2. The molecular weight excluding hydrogens is 530 g/mol. The van der Waals surface area contributed by atoms with Gasteiger partial charge >= 0.3 is 6.09 Å². The zero-order valence-corrected chi connectivity index (χ0v) is 25.0. The van der Waals surface area contributed by atoms with E-state index in [9.17, 15) is 9.59 Å². The number of ether oxygens (including phenoxy) is 3. The van der Waals surface area contributed by atoms with Gasteiger partial charge in [0.05, 0.1) is 23.0 Å². The van der Waals surface area contributed by atoms with E-state index in [1.165, 1.54) is 0 Å². The Morgan fingerprint density at radius 2 is 1.65 bits per heavy atom. The van der Waals surface area contributed by atoms with E-state index < -0.39 is 16.4 Å². The monoisotopic (exact) mass is 567 g/mol. The number of hydrogen-bond donors (Lipinski definition) is 1. The predicted molar refractivity (Wildman–Crippen MR) is 154 cm³/mol. The Balaban J connectivity index is 1.33. The van der Waals surface area contributed by atoms with Gasteiger partial charge in [-0.25, -0.2) is 4.79 Å². The van der Waals surface area contributed by atoms with E-state index in [1.807, 2.05) is 78.8 Å². The largest absolute Gasteiger partial charge is 0.489 e. The van der Waals surface area contributed by atoms with E-state index in [2.05, 4.69) is 5.32 Å². The molecule has 2 aromatic rings. The summed E-state index contributed by atoms with van der Waals surface area (Å²) in [5.41, 5.74) is -0.360. The summed E-state index contributed by atoms with van der Waals surface area (Å²) >= 11 is 6.19. The summed E-state index contributed by atoms with van der Waals surface area (Å²) in [5.74, 6) is 0.867. The van der Waals surface area contributed by atoms with Crippen LogP contribution in [0.15, 0.2) is 42.5 Å². The van der Waals surface area contributed by atoms with Crippen molar-refractivity contribution in [1.29, 1.82) is 5.26 Å². The van der Waals surface area contributed by atoms with Crippen LogP contribution in [0, 0.1) is 28.1 Å². The van der Waals surface area contributed by atoms with E-state index in [-0.39, 0.29) is 30.1 Å². The zero-order valence-electron chi connectivity index (χ0n) is 24.2. The third kappa shape index (κ3) is 6.15. The highest BCUT2D eigenvalue weighted by Crippen LogP contribution is 2.60. The summed E-state index contributed by atoms with van der Waals surface area (Å²) in [5, 5.41) is 12.5. The van der Waals surface area contributed by atoms with Crippen LogP contribution in [0.4, 0.5) is 10.5 Å². The first-order valence-electron chi connectivity index (χ1n) is 13.5. The van der Waals surface area contributed by atoms with Gasteiger partial charge in [0, 0.05) is 35.5 Å². The summed E-state index contributed by atoms with van der Waals surface area (Å²) < 4.78 is 17.8. The number of carbonyl (C=O) groups excluding carboxylic acids is 2.